The summed E-state index contributed by atoms with van der Waals surface area (Å²) in [5.74, 6) is 0.841. The van der Waals surface area contributed by atoms with Crippen LogP contribution in [0.5, 0.6) is 0 Å². The van der Waals surface area contributed by atoms with Gasteiger partial charge in [-0.2, -0.15) is 0 Å². The van der Waals surface area contributed by atoms with Crippen LogP contribution in [0.3, 0.4) is 0 Å². The highest BCUT2D eigenvalue weighted by Gasteiger charge is 2.25. The summed E-state index contributed by atoms with van der Waals surface area (Å²) in [6, 6.07) is 4.52. The van der Waals surface area contributed by atoms with E-state index in [1.54, 1.807) is 0 Å². The van der Waals surface area contributed by atoms with Gasteiger partial charge in [0.05, 0.1) is 0 Å². The maximum Gasteiger partial charge on any atom is 0.225 e. The summed E-state index contributed by atoms with van der Waals surface area (Å²) in [5, 5.41) is 3.24. The number of rotatable bonds is 4. The molecule has 1 aliphatic heterocycles. The van der Waals surface area contributed by atoms with E-state index >= 15 is 0 Å². The Morgan fingerprint density at radius 3 is 2.95 bits per heavy atom. The van der Waals surface area contributed by atoms with E-state index in [1.165, 1.54) is 12.8 Å². The number of hydrogen-bond donors (Lipinski definition) is 2. The van der Waals surface area contributed by atoms with Crippen LogP contribution in [0.15, 0.2) is 30.7 Å². The lowest BCUT2D eigenvalue weighted by Gasteiger charge is -2.24. The van der Waals surface area contributed by atoms with E-state index in [0.29, 0.717) is 6.04 Å². The molecule has 100 valence electrons. The van der Waals surface area contributed by atoms with Gasteiger partial charge in [0.2, 0.25) is 5.95 Å². The van der Waals surface area contributed by atoms with Crippen molar-refractivity contribution in [2.24, 2.45) is 0 Å². The summed E-state index contributed by atoms with van der Waals surface area (Å²) >= 11 is 0. The standard InChI is InChI=1S/C14H19N5/c1-15-10-12-4-3-7-19(12)14-17-8-11(9-18-14)13-5-2-6-16-13/h2,5-6,8-9,12,15-16H,3-4,7,10H2,1H3. The predicted molar refractivity (Wildman–Crippen MR) is 76.1 cm³/mol. The Morgan fingerprint density at radius 1 is 1.42 bits per heavy atom. The number of nitrogens with one attached hydrogen (secondary N) is 2. The minimum atomic E-state index is 0.515. The van der Waals surface area contributed by atoms with Gasteiger partial charge in [0, 0.05) is 49.0 Å². The molecule has 1 saturated heterocycles. The molecular formula is C14H19N5. The molecule has 0 amide bonds. The molecule has 0 spiro atoms. The minimum absolute atomic E-state index is 0.515. The Balaban J connectivity index is 1.79. The molecule has 0 aliphatic carbocycles. The van der Waals surface area contributed by atoms with E-state index in [4.69, 9.17) is 0 Å². The normalized spacial score (nSPS) is 19.0. The van der Waals surface area contributed by atoms with Gasteiger partial charge in [-0.25, -0.2) is 9.97 Å². The highest BCUT2D eigenvalue weighted by atomic mass is 15.3. The zero-order chi connectivity index (χ0) is 13.1. The van der Waals surface area contributed by atoms with Gasteiger partial charge >= 0.3 is 0 Å². The average Bonchev–Trinajstić information content (AvgIpc) is 3.10. The van der Waals surface area contributed by atoms with Crippen molar-refractivity contribution in [1.29, 1.82) is 0 Å². The first kappa shape index (κ1) is 12.2. The number of H-pyrrole nitrogens is 1. The molecular weight excluding hydrogens is 238 g/mol. The zero-order valence-corrected chi connectivity index (χ0v) is 11.1. The van der Waals surface area contributed by atoms with E-state index in [9.17, 15) is 0 Å². The molecule has 2 N–H and O–H groups in total. The number of anilines is 1. The van der Waals surface area contributed by atoms with Gasteiger partial charge in [-0.1, -0.05) is 0 Å². The molecule has 3 rings (SSSR count). The largest absolute Gasteiger partial charge is 0.361 e. The van der Waals surface area contributed by atoms with Crippen molar-refractivity contribution in [1.82, 2.24) is 20.3 Å². The Labute approximate surface area is 113 Å². The maximum absolute atomic E-state index is 4.52. The second-order valence-corrected chi connectivity index (χ2v) is 4.90. The zero-order valence-electron chi connectivity index (χ0n) is 11.1. The molecule has 1 unspecified atom stereocenters. The first-order valence-electron chi connectivity index (χ1n) is 6.75. The van der Waals surface area contributed by atoms with E-state index in [2.05, 4.69) is 25.2 Å². The maximum atomic E-state index is 4.52. The second kappa shape index (κ2) is 5.40. The fraction of sp³-hybridized carbons (Fsp3) is 0.429. The van der Waals surface area contributed by atoms with Gasteiger partial charge in [0.1, 0.15) is 0 Å². The van der Waals surface area contributed by atoms with Crippen LogP contribution in [0.2, 0.25) is 0 Å². The van der Waals surface area contributed by atoms with Crippen LogP contribution in [0, 0.1) is 0 Å². The molecule has 1 fully saturated rings. The first-order valence-corrected chi connectivity index (χ1v) is 6.75. The summed E-state index contributed by atoms with van der Waals surface area (Å²) in [4.78, 5) is 14.5. The highest BCUT2D eigenvalue weighted by molar-refractivity contribution is 5.57. The number of nitrogens with zero attached hydrogens (tertiary/aromatic N) is 3. The van der Waals surface area contributed by atoms with Gasteiger partial charge in [0.15, 0.2) is 0 Å². The quantitative estimate of drug-likeness (QED) is 0.874. The molecule has 19 heavy (non-hydrogen) atoms. The number of aromatic nitrogens is 3. The Bertz CT molecular complexity index is 505. The van der Waals surface area contributed by atoms with Gasteiger partial charge in [-0.3, -0.25) is 0 Å². The Hall–Kier alpha value is -1.88. The second-order valence-electron chi connectivity index (χ2n) is 4.90. The summed E-state index contributed by atoms with van der Waals surface area (Å²) in [5.41, 5.74) is 2.08. The summed E-state index contributed by atoms with van der Waals surface area (Å²) in [7, 11) is 1.99. The summed E-state index contributed by atoms with van der Waals surface area (Å²) < 4.78 is 0. The molecule has 3 heterocycles. The van der Waals surface area contributed by atoms with Crippen LogP contribution in [0.25, 0.3) is 11.3 Å². The third-order valence-corrected chi connectivity index (χ3v) is 3.62. The molecule has 0 radical (unpaired) electrons. The fourth-order valence-corrected chi connectivity index (χ4v) is 2.67. The molecule has 2 aromatic heterocycles. The van der Waals surface area contributed by atoms with Crippen molar-refractivity contribution in [3.8, 4) is 11.3 Å². The lowest BCUT2D eigenvalue weighted by molar-refractivity contribution is 0.607. The third-order valence-electron chi connectivity index (χ3n) is 3.62. The van der Waals surface area contributed by atoms with Crippen molar-refractivity contribution in [3.05, 3.63) is 30.7 Å². The van der Waals surface area contributed by atoms with Gasteiger partial charge in [-0.05, 0) is 32.0 Å². The lowest BCUT2D eigenvalue weighted by atomic mass is 10.2. The smallest absolute Gasteiger partial charge is 0.225 e. The third kappa shape index (κ3) is 2.46. The molecule has 5 heteroatoms. The van der Waals surface area contributed by atoms with Crippen molar-refractivity contribution >= 4 is 5.95 Å². The van der Waals surface area contributed by atoms with Crippen LogP contribution in [0.1, 0.15) is 12.8 Å². The van der Waals surface area contributed by atoms with E-state index in [-0.39, 0.29) is 0 Å². The number of hydrogen-bond acceptors (Lipinski definition) is 4. The fourth-order valence-electron chi connectivity index (χ4n) is 2.67. The van der Waals surface area contributed by atoms with Gasteiger partial charge < -0.3 is 15.2 Å². The highest BCUT2D eigenvalue weighted by Crippen LogP contribution is 2.23. The predicted octanol–water partition coefficient (Wildman–Crippen LogP) is 1.66. The molecule has 2 aromatic rings. The Morgan fingerprint density at radius 2 is 2.26 bits per heavy atom. The molecule has 1 atom stereocenters. The van der Waals surface area contributed by atoms with E-state index in [0.717, 1.165) is 30.3 Å². The summed E-state index contributed by atoms with van der Waals surface area (Å²) in [6.07, 6.45) is 8.12. The van der Waals surface area contributed by atoms with Crippen molar-refractivity contribution < 1.29 is 0 Å². The van der Waals surface area contributed by atoms with Crippen molar-refractivity contribution in [2.75, 3.05) is 25.0 Å². The van der Waals surface area contributed by atoms with Crippen molar-refractivity contribution in [3.63, 3.8) is 0 Å². The molecule has 0 bridgehead atoms. The summed E-state index contributed by atoms with van der Waals surface area (Å²) in [6.45, 7) is 2.04. The Kier molecular flexibility index (Phi) is 3.46. The minimum Gasteiger partial charge on any atom is -0.361 e. The van der Waals surface area contributed by atoms with Crippen LogP contribution in [-0.4, -0.2) is 41.1 Å². The molecule has 0 aromatic carbocycles. The monoisotopic (exact) mass is 257 g/mol. The van der Waals surface area contributed by atoms with Gasteiger partial charge in [-0.15, -0.1) is 0 Å². The van der Waals surface area contributed by atoms with Crippen LogP contribution in [0.4, 0.5) is 5.95 Å². The van der Waals surface area contributed by atoms with Crippen LogP contribution in [-0.2, 0) is 0 Å². The lowest BCUT2D eigenvalue weighted by Crippen LogP contribution is -2.37. The molecule has 5 nitrogen and oxygen atoms in total. The number of likely N-dealkylation sites (N-methyl/N-ethyl adjacent to an activating group) is 1. The van der Waals surface area contributed by atoms with E-state index < -0.39 is 0 Å². The topological polar surface area (TPSA) is 56.8 Å². The molecule has 0 saturated carbocycles. The molecule has 1 aliphatic rings. The average molecular weight is 257 g/mol. The SMILES string of the molecule is CNCC1CCCN1c1ncc(-c2ccc[nH]2)cn1. The van der Waals surface area contributed by atoms with Crippen molar-refractivity contribution in [2.45, 2.75) is 18.9 Å². The first-order chi connectivity index (χ1) is 9.38. The van der Waals surface area contributed by atoms with Crippen LogP contribution < -0.4 is 10.2 Å². The van der Waals surface area contributed by atoms with E-state index in [1.807, 2.05) is 37.8 Å². The van der Waals surface area contributed by atoms with Gasteiger partial charge in [0.25, 0.3) is 0 Å². The number of aromatic amines is 1. The van der Waals surface area contributed by atoms with Crippen LogP contribution >= 0.6 is 0 Å².